The van der Waals surface area contributed by atoms with E-state index in [2.05, 4.69) is 15.2 Å². The highest BCUT2D eigenvalue weighted by Gasteiger charge is 2.17. The van der Waals surface area contributed by atoms with Gasteiger partial charge in [-0.1, -0.05) is 11.8 Å². The molecular formula is C17H13N5O3S2. The highest BCUT2D eigenvalue weighted by atomic mass is 32.2. The third-order valence-electron chi connectivity index (χ3n) is 4.17. The van der Waals surface area contributed by atoms with Crippen LogP contribution in [0.3, 0.4) is 0 Å². The Morgan fingerprint density at radius 1 is 1.22 bits per heavy atom. The number of thioether (sulfide) groups is 1. The molecular weight excluding hydrogens is 386 g/mol. The van der Waals surface area contributed by atoms with Gasteiger partial charge in [-0.3, -0.25) is 9.20 Å². The number of rotatable bonds is 4. The quantitative estimate of drug-likeness (QED) is 0.488. The van der Waals surface area contributed by atoms with Gasteiger partial charge in [0.1, 0.15) is 0 Å². The van der Waals surface area contributed by atoms with Gasteiger partial charge in [-0.2, -0.15) is 0 Å². The molecule has 0 bridgehead atoms. The Labute approximate surface area is 161 Å². The molecule has 5 rings (SSSR count). The second-order valence-electron chi connectivity index (χ2n) is 5.86. The first-order valence-corrected chi connectivity index (χ1v) is 9.93. The van der Waals surface area contributed by atoms with Gasteiger partial charge < -0.3 is 14.0 Å². The molecule has 0 amide bonds. The molecule has 3 aromatic heterocycles. The van der Waals surface area contributed by atoms with Crippen LogP contribution in [0.2, 0.25) is 0 Å². The normalized spacial score (nSPS) is 12.8. The fraction of sp³-hybridized carbons (Fsp3) is 0.176. The van der Waals surface area contributed by atoms with Gasteiger partial charge >= 0.3 is 0 Å². The van der Waals surface area contributed by atoms with Crippen LogP contribution in [0.5, 0.6) is 11.5 Å². The lowest BCUT2D eigenvalue weighted by atomic mass is 10.2. The molecule has 4 heterocycles. The monoisotopic (exact) mass is 399 g/mol. The lowest BCUT2D eigenvalue weighted by molar-refractivity contribution is 0.174. The first-order valence-electron chi connectivity index (χ1n) is 8.07. The first kappa shape index (κ1) is 16.3. The van der Waals surface area contributed by atoms with E-state index < -0.39 is 0 Å². The third-order valence-corrected chi connectivity index (χ3v) is 5.98. The van der Waals surface area contributed by atoms with E-state index in [1.165, 1.54) is 23.1 Å². The van der Waals surface area contributed by atoms with Gasteiger partial charge in [0, 0.05) is 36.0 Å². The second kappa shape index (κ2) is 6.39. The molecule has 0 spiro atoms. The fourth-order valence-corrected chi connectivity index (χ4v) is 4.37. The summed E-state index contributed by atoms with van der Waals surface area (Å²) in [5.41, 5.74) is 1.55. The maximum absolute atomic E-state index is 12.1. The SMILES string of the molecule is Cn1c(SCc2cc(=O)n3ccsc3n2)nnc1-c1ccc2c(c1)OCO2. The molecule has 0 radical (unpaired) electrons. The largest absolute Gasteiger partial charge is 0.454 e. The van der Waals surface area contributed by atoms with Crippen LogP contribution in [-0.2, 0) is 12.8 Å². The Morgan fingerprint density at radius 3 is 3.04 bits per heavy atom. The smallest absolute Gasteiger partial charge is 0.258 e. The van der Waals surface area contributed by atoms with Crippen molar-refractivity contribution in [2.24, 2.45) is 7.05 Å². The van der Waals surface area contributed by atoms with Crippen molar-refractivity contribution in [1.82, 2.24) is 24.1 Å². The van der Waals surface area contributed by atoms with Crippen molar-refractivity contribution < 1.29 is 9.47 Å². The van der Waals surface area contributed by atoms with E-state index >= 15 is 0 Å². The van der Waals surface area contributed by atoms with Gasteiger partial charge in [-0.15, -0.1) is 21.5 Å². The summed E-state index contributed by atoms with van der Waals surface area (Å²) < 4.78 is 14.2. The van der Waals surface area contributed by atoms with Gasteiger partial charge in [0.15, 0.2) is 27.4 Å². The van der Waals surface area contributed by atoms with Crippen LogP contribution in [0.4, 0.5) is 0 Å². The average Bonchev–Trinajstić information content (AvgIpc) is 3.39. The molecule has 10 heteroatoms. The standard InChI is InChI=1S/C17H13N5O3S2/c1-21-15(10-2-3-12-13(6-10)25-9-24-12)19-20-17(21)27-8-11-7-14(23)22-4-5-26-16(22)18-11/h2-7H,8-9H2,1H3. The molecule has 0 saturated heterocycles. The van der Waals surface area contributed by atoms with Gasteiger partial charge in [0.2, 0.25) is 6.79 Å². The summed E-state index contributed by atoms with van der Waals surface area (Å²) in [4.78, 5) is 17.3. The number of hydrogen-bond acceptors (Lipinski definition) is 8. The zero-order chi connectivity index (χ0) is 18.4. The van der Waals surface area contributed by atoms with Crippen LogP contribution in [0.1, 0.15) is 5.69 Å². The van der Waals surface area contributed by atoms with Crippen LogP contribution in [0, 0.1) is 0 Å². The van der Waals surface area contributed by atoms with E-state index in [1.54, 1.807) is 16.7 Å². The highest BCUT2D eigenvalue weighted by Crippen LogP contribution is 2.36. The molecule has 0 unspecified atom stereocenters. The third kappa shape index (κ3) is 2.86. The van der Waals surface area contributed by atoms with Gasteiger partial charge in [0.25, 0.3) is 5.56 Å². The van der Waals surface area contributed by atoms with E-state index in [-0.39, 0.29) is 12.4 Å². The summed E-state index contributed by atoms with van der Waals surface area (Å²) in [5, 5.41) is 11.2. The van der Waals surface area contributed by atoms with Crippen LogP contribution in [0.25, 0.3) is 16.3 Å². The highest BCUT2D eigenvalue weighted by molar-refractivity contribution is 7.98. The summed E-state index contributed by atoms with van der Waals surface area (Å²) in [7, 11) is 1.91. The van der Waals surface area contributed by atoms with Crippen LogP contribution in [-0.4, -0.2) is 30.9 Å². The number of hydrogen-bond donors (Lipinski definition) is 0. The van der Waals surface area contributed by atoms with Crippen molar-refractivity contribution in [1.29, 1.82) is 0 Å². The molecule has 0 saturated carbocycles. The zero-order valence-corrected chi connectivity index (χ0v) is 15.8. The van der Waals surface area contributed by atoms with Crippen LogP contribution < -0.4 is 15.0 Å². The number of aromatic nitrogens is 5. The van der Waals surface area contributed by atoms with E-state index in [0.29, 0.717) is 16.5 Å². The number of benzene rings is 1. The molecule has 0 atom stereocenters. The Balaban J connectivity index is 1.39. The number of nitrogens with zero attached hydrogens (tertiary/aromatic N) is 5. The van der Waals surface area contributed by atoms with Gasteiger partial charge in [0.05, 0.1) is 5.69 Å². The fourth-order valence-electron chi connectivity index (χ4n) is 2.83. The van der Waals surface area contributed by atoms with Gasteiger partial charge in [-0.05, 0) is 18.2 Å². The molecule has 1 aliphatic heterocycles. The predicted molar refractivity (Wildman–Crippen MR) is 101 cm³/mol. The van der Waals surface area contributed by atoms with Gasteiger partial charge in [-0.25, -0.2) is 4.98 Å². The minimum absolute atomic E-state index is 0.0733. The molecule has 1 aliphatic rings. The van der Waals surface area contributed by atoms with Crippen molar-refractivity contribution in [3.63, 3.8) is 0 Å². The summed E-state index contributed by atoms with van der Waals surface area (Å²) in [6.07, 6.45) is 1.73. The summed E-state index contributed by atoms with van der Waals surface area (Å²) in [6, 6.07) is 7.25. The van der Waals surface area contributed by atoms with Crippen molar-refractivity contribution in [2.75, 3.05) is 6.79 Å². The lowest BCUT2D eigenvalue weighted by Gasteiger charge is -2.05. The Bertz CT molecular complexity index is 1210. The summed E-state index contributed by atoms with van der Waals surface area (Å²) >= 11 is 2.93. The van der Waals surface area contributed by atoms with E-state index in [4.69, 9.17) is 9.47 Å². The van der Waals surface area contributed by atoms with Crippen LogP contribution in [0.15, 0.2) is 45.8 Å². The molecule has 0 aliphatic carbocycles. The molecule has 27 heavy (non-hydrogen) atoms. The second-order valence-corrected chi connectivity index (χ2v) is 7.68. The lowest BCUT2D eigenvalue weighted by Crippen LogP contribution is -2.12. The first-order chi connectivity index (χ1) is 13.2. The molecule has 136 valence electrons. The Hall–Kier alpha value is -2.85. The number of thiazole rings is 1. The van der Waals surface area contributed by atoms with Crippen LogP contribution >= 0.6 is 23.1 Å². The number of fused-ring (bicyclic) bond motifs is 2. The summed E-state index contributed by atoms with van der Waals surface area (Å²) in [6.45, 7) is 0.236. The Kier molecular flexibility index (Phi) is 3.87. The van der Waals surface area contributed by atoms with Crippen molar-refractivity contribution in [3.8, 4) is 22.9 Å². The van der Waals surface area contributed by atoms with Crippen molar-refractivity contribution in [2.45, 2.75) is 10.9 Å². The molecule has 1 aromatic carbocycles. The maximum Gasteiger partial charge on any atom is 0.258 e. The minimum atomic E-state index is -0.0733. The molecule has 4 aromatic rings. The van der Waals surface area contributed by atoms with Crippen molar-refractivity contribution >= 4 is 28.1 Å². The molecule has 8 nitrogen and oxygen atoms in total. The Morgan fingerprint density at radius 2 is 2.11 bits per heavy atom. The maximum atomic E-state index is 12.1. The minimum Gasteiger partial charge on any atom is -0.454 e. The topological polar surface area (TPSA) is 83.5 Å². The van der Waals surface area contributed by atoms with Crippen molar-refractivity contribution in [3.05, 3.63) is 51.9 Å². The van der Waals surface area contributed by atoms with E-state index in [0.717, 1.165) is 28.0 Å². The molecule has 0 fully saturated rings. The van der Waals surface area contributed by atoms with E-state index in [1.807, 2.05) is 35.2 Å². The molecule has 0 N–H and O–H groups in total. The number of ether oxygens (including phenoxy) is 2. The predicted octanol–water partition coefficient (Wildman–Crippen LogP) is 2.57. The zero-order valence-electron chi connectivity index (χ0n) is 14.2. The van der Waals surface area contributed by atoms with E-state index in [9.17, 15) is 4.79 Å². The summed E-state index contributed by atoms with van der Waals surface area (Å²) in [5.74, 6) is 2.71. The average molecular weight is 399 g/mol.